The highest BCUT2D eigenvalue weighted by Gasteiger charge is 2.28. The number of hydrogen-bond acceptors (Lipinski definition) is 5. The molecule has 1 aliphatic carbocycles. The van der Waals surface area contributed by atoms with E-state index >= 15 is 0 Å². The van der Waals surface area contributed by atoms with Crippen LogP contribution in [0, 0.1) is 11.7 Å². The van der Waals surface area contributed by atoms with Crippen molar-refractivity contribution in [3.8, 4) is 0 Å². The summed E-state index contributed by atoms with van der Waals surface area (Å²) in [7, 11) is 1.23. The highest BCUT2D eigenvalue weighted by atomic mass is 19.1. The standard InChI is InChI=1S/C14H18FN3O3/c1-21-14(20)9-6-12(10(15)7-11(9)16)17-4-5-18-13(19)8-2-3-8/h6-8,17H,2-5,16H2,1H3,(H,18,19). The van der Waals surface area contributed by atoms with Gasteiger partial charge in [0.2, 0.25) is 5.91 Å². The molecule has 0 radical (unpaired) electrons. The molecule has 0 heterocycles. The number of halogens is 1. The van der Waals surface area contributed by atoms with Gasteiger partial charge < -0.3 is 21.1 Å². The maximum Gasteiger partial charge on any atom is 0.340 e. The molecule has 4 N–H and O–H groups in total. The summed E-state index contributed by atoms with van der Waals surface area (Å²) in [5.41, 5.74) is 5.84. The Morgan fingerprint density at radius 1 is 1.38 bits per heavy atom. The second kappa shape index (κ2) is 6.43. The number of amides is 1. The summed E-state index contributed by atoms with van der Waals surface area (Å²) in [5, 5.41) is 5.58. The van der Waals surface area contributed by atoms with Crippen molar-refractivity contribution in [1.29, 1.82) is 0 Å². The van der Waals surface area contributed by atoms with Crippen LogP contribution in [0.5, 0.6) is 0 Å². The van der Waals surface area contributed by atoms with Crippen LogP contribution in [-0.2, 0) is 9.53 Å². The van der Waals surface area contributed by atoms with Crippen molar-refractivity contribution in [3.63, 3.8) is 0 Å². The summed E-state index contributed by atoms with van der Waals surface area (Å²) in [4.78, 5) is 22.9. The Balaban J connectivity index is 1.92. The lowest BCUT2D eigenvalue weighted by Crippen LogP contribution is -2.30. The topological polar surface area (TPSA) is 93.5 Å². The number of nitrogen functional groups attached to an aromatic ring is 1. The molecule has 1 fully saturated rings. The first kappa shape index (κ1) is 15.1. The number of ether oxygens (including phenoxy) is 1. The van der Waals surface area contributed by atoms with Crippen molar-refractivity contribution in [3.05, 3.63) is 23.5 Å². The molecule has 1 aromatic rings. The molecule has 2 rings (SSSR count). The van der Waals surface area contributed by atoms with Gasteiger partial charge in [-0.15, -0.1) is 0 Å². The van der Waals surface area contributed by atoms with E-state index in [1.54, 1.807) is 0 Å². The first-order chi connectivity index (χ1) is 10.0. The molecule has 1 amide bonds. The molecule has 21 heavy (non-hydrogen) atoms. The van der Waals surface area contributed by atoms with Crippen molar-refractivity contribution < 1.29 is 18.7 Å². The third kappa shape index (κ3) is 3.84. The zero-order chi connectivity index (χ0) is 15.4. The van der Waals surface area contributed by atoms with Gasteiger partial charge in [-0.25, -0.2) is 9.18 Å². The molecule has 114 valence electrons. The molecule has 0 bridgehead atoms. The molecular weight excluding hydrogens is 277 g/mol. The fraction of sp³-hybridized carbons (Fsp3) is 0.429. The van der Waals surface area contributed by atoms with Crippen LogP contribution in [0.3, 0.4) is 0 Å². The Hall–Kier alpha value is -2.31. The maximum atomic E-state index is 13.7. The van der Waals surface area contributed by atoms with Crippen molar-refractivity contribution in [2.75, 3.05) is 31.2 Å². The number of rotatable bonds is 6. The van der Waals surface area contributed by atoms with Gasteiger partial charge in [0, 0.05) is 24.7 Å². The lowest BCUT2D eigenvalue weighted by molar-refractivity contribution is -0.122. The molecule has 0 aliphatic heterocycles. The largest absolute Gasteiger partial charge is 0.465 e. The summed E-state index contributed by atoms with van der Waals surface area (Å²) in [6.07, 6.45) is 1.88. The fourth-order valence-electron chi connectivity index (χ4n) is 1.88. The normalized spacial score (nSPS) is 13.6. The van der Waals surface area contributed by atoms with Crippen LogP contribution in [0.2, 0.25) is 0 Å². The van der Waals surface area contributed by atoms with Crippen LogP contribution in [-0.4, -0.2) is 32.1 Å². The summed E-state index contributed by atoms with van der Waals surface area (Å²) in [6.45, 7) is 0.729. The lowest BCUT2D eigenvalue weighted by Gasteiger charge is -2.11. The summed E-state index contributed by atoms with van der Waals surface area (Å²) >= 11 is 0. The molecule has 0 aromatic heterocycles. The van der Waals surface area contributed by atoms with Crippen molar-refractivity contribution >= 4 is 23.3 Å². The Morgan fingerprint density at radius 2 is 2.10 bits per heavy atom. The van der Waals surface area contributed by atoms with E-state index in [4.69, 9.17) is 5.73 Å². The van der Waals surface area contributed by atoms with Crippen molar-refractivity contribution in [2.45, 2.75) is 12.8 Å². The average molecular weight is 295 g/mol. The Kier molecular flexibility index (Phi) is 4.62. The third-order valence-corrected chi connectivity index (χ3v) is 3.23. The first-order valence-corrected chi connectivity index (χ1v) is 6.72. The van der Waals surface area contributed by atoms with Gasteiger partial charge in [-0.2, -0.15) is 0 Å². The van der Waals surface area contributed by atoms with Gasteiger partial charge in [-0.05, 0) is 25.0 Å². The number of carbonyl (C=O) groups excluding carboxylic acids is 2. The molecule has 0 spiro atoms. The summed E-state index contributed by atoms with van der Waals surface area (Å²) in [5.74, 6) is -1.01. The predicted octanol–water partition coefficient (Wildman–Crippen LogP) is 1.13. The van der Waals surface area contributed by atoms with Gasteiger partial charge in [0.05, 0.1) is 18.4 Å². The monoisotopic (exact) mass is 295 g/mol. The second-order valence-corrected chi connectivity index (χ2v) is 4.90. The number of benzene rings is 1. The third-order valence-electron chi connectivity index (χ3n) is 3.23. The van der Waals surface area contributed by atoms with Gasteiger partial charge in [0.15, 0.2) is 0 Å². The summed E-state index contributed by atoms with van der Waals surface area (Å²) < 4.78 is 18.3. The number of esters is 1. The minimum absolute atomic E-state index is 0.0203. The molecule has 6 nitrogen and oxygen atoms in total. The van der Waals surface area contributed by atoms with E-state index in [0.29, 0.717) is 13.1 Å². The average Bonchev–Trinajstić information content (AvgIpc) is 3.29. The smallest absolute Gasteiger partial charge is 0.340 e. The Morgan fingerprint density at radius 3 is 2.71 bits per heavy atom. The number of carbonyl (C=O) groups is 2. The number of nitrogens with one attached hydrogen (secondary N) is 2. The lowest BCUT2D eigenvalue weighted by atomic mass is 10.1. The molecule has 1 saturated carbocycles. The van der Waals surface area contributed by atoms with E-state index in [9.17, 15) is 14.0 Å². The molecule has 0 unspecified atom stereocenters. The minimum Gasteiger partial charge on any atom is -0.465 e. The second-order valence-electron chi connectivity index (χ2n) is 4.90. The van der Waals surface area contributed by atoms with Crippen LogP contribution in [0.4, 0.5) is 15.8 Å². The van der Waals surface area contributed by atoms with E-state index in [2.05, 4.69) is 15.4 Å². The van der Waals surface area contributed by atoms with E-state index in [1.165, 1.54) is 13.2 Å². The van der Waals surface area contributed by atoms with Crippen LogP contribution in [0.1, 0.15) is 23.2 Å². The predicted molar refractivity (Wildman–Crippen MR) is 76.4 cm³/mol. The van der Waals surface area contributed by atoms with E-state index in [1.807, 2.05) is 0 Å². The maximum absolute atomic E-state index is 13.7. The first-order valence-electron chi connectivity index (χ1n) is 6.72. The zero-order valence-electron chi connectivity index (χ0n) is 11.7. The van der Waals surface area contributed by atoms with Crippen LogP contribution in [0.25, 0.3) is 0 Å². The highest BCUT2D eigenvalue weighted by Crippen LogP contribution is 2.28. The van der Waals surface area contributed by atoms with E-state index in [0.717, 1.165) is 18.9 Å². The Bertz CT molecular complexity index is 559. The van der Waals surface area contributed by atoms with Gasteiger partial charge in [-0.1, -0.05) is 0 Å². The molecule has 0 saturated heterocycles. The molecular formula is C14H18FN3O3. The van der Waals surface area contributed by atoms with E-state index in [-0.39, 0.29) is 28.8 Å². The molecule has 1 aromatic carbocycles. The summed E-state index contributed by atoms with van der Waals surface area (Å²) in [6, 6.07) is 2.37. The van der Waals surface area contributed by atoms with E-state index < -0.39 is 11.8 Å². The quantitative estimate of drug-likeness (QED) is 0.415. The van der Waals surface area contributed by atoms with Crippen molar-refractivity contribution in [1.82, 2.24) is 5.32 Å². The molecule has 0 atom stereocenters. The number of hydrogen-bond donors (Lipinski definition) is 3. The zero-order valence-corrected chi connectivity index (χ0v) is 11.7. The minimum atomic E-state index is -0.627. The number of nitrogens with two attached hydrogens (primary N) is 1. The van der Waals surface area contributed by atoms with Gasteiger partial charge >= 0.3 is 5.97 Å². The molecule has 1 aliphatic rings. The molecule has 7 heteroatoms. The fourth-order valence-corrected chi connectivity index (χ4v) is 1.88. The van der Waals surface area contributed by atoms with Crippen molar-refractivity contribution in [2.24, 2.45) is 5.92 Å². The van der Waals surface area contributed by atoms with Crippen LogP contribution < -0.4 is 16.4 Å². The number of methoxy groups -OCH3 is 1. The SMILES string of the molecule is COC(=O)c1cc(NCCNC(=O)C2CC2)c(F)cc1N. The number of anilines is 2. The van der Waals surface area contributed by atoms with Crippen LogP contribution >= 0.6 is 0 Å². The van der Waals surface area contributed by atoms with Gasteiger partial charge in [0.25, 0.3) is 0 Å². The Labute approximate surface area is 121 Å². The van der Waals surface area contributed by atoms with Gasteiger partial charge in [-0.3, -0.25) is 4.79 Å². The van der Waals surface area contributed by atoms with Crippen LogP contribution in [0.15, 0.2) is 12.1 Å². The highest BCUT2D eigenvalue weighted by molar-refractivity contribution is 5.96. The van der Waals surface area contributed by atoms with Gasteiger partial charge in [0.1, 0.15) is 5.82 Å².